The van der Waals surface area contributed by atoms with Gasteiger partial charge >= 0.3 is 0 Å². The third-order valence-corrected chi connectivity index (χ3v) is 2.22. The topological polar surface area (TPSA) is 12.0 Å². The predicted molar refractivity (Wildman–Crippen MR) is 59.1 cm³/mol. The summed E-state index contributed by atoms with van der Waals surface area (Å²) in [5.74, 6) is -0.174. The van der Waals surface area contributed by atoms with Gasteiger partial charge in [0.1, 0.15) is 5.82 Å². The van der Waals surface area contributed by atoms with Gasteiger partial charge in [0.15, 0.2) is 0 Å². The third kappa shape index (κ3) is 2.82. The molecular formula is C11H13ClFN. The summed E-state index contributed by atoms with van der Waals surface area (Å²) in [5.41, 5.74) is 2.48. The maximum atomic E-state index is 12.6. The second-order valence-electron chi connectivity index (χ2n) is 3.28. The second-order valence-corrected chi connectivity index (χ2v) is 3.28. The molecule has 1 heterocycles. The van der Waals surface area contributed by atoms with Crippen LogP contribution in [0.25, 0.3) is 6.08 Å². The molecule has 0 aromatic heterocycles. The van der Waals surface area contributed by atoms with E-state index in [0.717, 1.165) is 25.1 Å². The molecule has 1 N–H and O–H groups in total. The van der Waals surface area contributed by atoms with Crippen molar-refractivity contribution in [2.75, 3.05) is 13.1 Å². The van der Waals surface area contributed by atoms with E-state index < -0.39 is 0 Å². The van der Waals surface area contributed by atoms with Crippen molar-refractivity contribution in [1.82, 2.24) is 5.32 Å². The average Bonchev–Trinajstić information content (AvgIpc) is 2.62. The van der Waals surface area contributed by atoms with Crippen molar-refractivity contribution in [3.8, 4) is 0 Å². The summed E-state index contributed by atoms with van der Waals surface area (Å²) in [6.45, 7) is 2.03. The zero-order chi connectivity index (χ0) is 9.10. The molecule has 1 aromatic carbocycles. The zero-order valence-electron chi connectivity index (χ0n) is 7.79. The summed E-state index contributed by atoms with van der Waals surface area (Å²) in [7, 11) is 0. The molecule has 1 fully saturated rings. The van der Waals surface area contributed by atoms with Gasteiger partial charge in [0.2, 0.25) is 0 Å². The predicted octanol–water partition coefficient (Wildman–Crippen LogP) is 2.62. The van der Waals surface area contributed by atoms with E-state index in [4.69, 9.17) is 0 Å². The molecule has 1 nitrogen and oxygen atoms in total. The number of benzene rings is 1. The van der Waals surface area contributed by atoms with Crippen molar-refractivity contribution >= 4 is 18.5 Å². The van der Waals surface area contributed by atoms with Crippen LogP contribution >= 0.6 is 12.4 Å². The Balaban J connectivity index is 0.000000980. The molecule has 1 saturated heterocycles. The van der Waals surface area contributed by atoms with Crippen molar-refractivity contribution in [3.05, 3.63) is 41.2 Å². The van der Waals surface area contributed by atoms with Gasteiger partial charge in [0, 0.05) is 6.54 Å². The Kier molecular flexibility index (Phi) is 4.11. The summed E-state index contributed by atoms with van der Waals surface area (Å²) >= 11 is 0. The molecule has 1 aliphatic rings. The Morgan fingerprint density at radius 1 is 1.21 bits per heavy atom. The number of hydrogen-bond donors (Lipinski definition) is 1. The van der Waals surface area contributed by atoms with E-state index in [1.807, 2.05) is 0 Å². The van der Waals surface area contributed by atoms with Crippen LogP contribution in [0.15, 0.2) is 29.8 Å². The molecular weight excluding hydrogens is 201 g/mol. The highest BCUT2D eigenvalue weighted by molar-refractivity contribution is 5.85. The summed E-state index contributed by atoms with van der Waals surface area (Å²) in [5, 5.41) is 3.26. The summed E-state index contributed by atoms with van der Waals surface area (Å²) < 4.78 is 12.6. The van der Waals surface area contributed by atoms with Crippen LogP contribution in [0.1, 0.15) is 12.0 Å². The first kappa shape index (κ1) is 11.2. The zero-order valence-corrected chi connectivity index (χ0v) is 8.61. The molecule has 76 valence electrons. The van der Waals surface area contributed by atoms with Crippen LogP contribution < -0.4 is 5.32 Å². The Morgan fingerprint density at radius 3 is 2.50 bits per heavy atom. The van der Waals surface area contributed by atoms with E-state index in [0.29, 0.717) is 0 Å². The monoisotopic (exact) mass is 213 g/mol. The molecule has 0 saturated carbocycles. The lowest BCUT2D eigenvalue weighted by Gasteiger charge is -1.96. The van der Waals surface area contributed by atoms with Crippen LogP contribution in [0, 0.1) is 5.82 Å². The largest absolute Gasteiger partial charge is 0.313 e. The van der Waals surface area contributed by atoms with Gasteiger partial charge in [-0.15, -0.1) is 12.4 Å². The van der Waals surface area contributed by atoms with E-state index in [9.17, 15) is 4.39 Å². The third-order valence-electron chi connectivity index (χ3n) is 2.22. The van der Waals surface area contributed by atoms with Gasteiger partial charge in [0.25, 0.3) is 0 Å². The summed E-state index contributed by atoms with van der Waals surface area (Å²) in [4.78, 5) is 0. The first-order chi connectivity index (χ1) is 6.34. The molecule has 3 heteroatoms. The maximum Gasteiger partial charge on any atom is 0.123 e. The fourth-order valence-electron chi connectivity index (χ4n) is 1.50. The van der Waals surface area contributed by atoms with E-state index in [1.54, 1.807) is 12.1 Å². The average molecular weight is 214 g/mol. The number of rotatable bonds is 1. The highest BCUT2D eigenvalue weighted by Crippen LogP contribution is 2.12. The molecule has 1 aliphatic heterocycles. The normalized spacial score (nSPS) is 18.2. The lowest BCUT2D eigenvalue weighted by Crippen LogP contribution is -2.04. The van der Waals surface area contributed by atoms with Gasteiger partial charge in [-0.1, -0.05) is 23.8 Å². The fourth-order valence-corrected chi connectivity index (χ4v) is 1.50. The van der Waals surface area contributed by atoms with Crippen molar-refractivity contribution < 1.29 is 4.39 Å². The van der Waals surface area contributed by atoms with Gasteiger partial charge < -0.3 is 5.32 Å². The highest BCUT2D eigenvalue weighted by Gasteiger charge is 2.04. The minimum Gasteiger partial charge on any atom is -0.313 e. The molecule has 14 heavy (non-hydrogen) atoms. The van der Waals surface area contributed by atoms with Crippen molar-refractivity contribution in [2.45, 2.75) is 6.42 Å². The van der Waals surface area contributed by atoms with Crippen molar-refractivity contribution in [3.63, 3.8) is 0 Å². The molecule has 0 atom stereocenters. The standard InChI is InChI=1S/C11H12FN.ClH/c12-11-3-1-9(2-4-11)7-10-5-6-13-8-10;/h1-4,7,13H,5-6,8H2;1H/b10-7+;. The van der Waals surface area contributed by atoms with Gasteiger partial charge in [-0.3, -0.25) is 0 Å². The lowest BCUT2D eigenvalue weighted by atomic mass is 10.1. The minimum atomic E-state index is -0.174. The van der Waals surface area contributed by atoms with Crippen molar-refractivity contribution in [2.24, 2.45) is 0 Å². The van der Waals surface area contributed by atoms with Gasteiger partial charge in [-0.05, 0) is 30.7 Å². The summed E-state index contributed by atoms with van der Waals surface area (Å²) in [6, 6.07) is 6.60. The molecule has 2 rings (SSSR count). The van der Waals surface area contributed by atoms with Crippen LogP contribution in [0.2, 0.25) is 0 Å². The van der Waals surface area contributed by atoms with E-state index in [-0.39, 0.29) is 18.2 Å². The fraction of sp³-hybridized carbons (Fsp3) is 0.273. The van der Waals surface area contributed by atoms with Crippen LogP contribution in [0.4, 0.5) is 4.39 Å². The first-order valence-corrected chi connectivity index (χ1v) is 4.50. The van der Waals surface area contributed by atoms with E-state index in [1.165, 1.54) is 17.7 Å². The molecule has 0 amide bonds. The Hall–Kier alpha value is -0.860. The molecule has 0 spiro atoms. The number of halogens is 2. The van der Waals surface area contributed by atoms with Crippen LogP contribution in [-0.4, -0.2) is 13.1 Å². The maximum absolute atomic E-state index is 12.6. The summed E-state index contributed by atoms with van der Waals surface area (Å²) in [6.07, 6.45) is 3.23. The first-order valence-electron chi connectivity index (χ1n) is 4.50. The quantitative estimate of drug-likeness (QED) is 0.756. The Labute approximate surface area is 89.4 Å². The van der Waals surface area contributed by atoms with Gasteiger partial charge in [0.05, 0.1) is 0 Å². The van der Waals surface area contributed by atoms with Crippen molar-refractivity contribution in [1.29, 1.82) is 0 Å². The van der Waals surface area contributed by atoms with Crippen LogP contribution in [0.5, 0.6) is 0 Å². The molecule has 0 unspecified atom stereocenters. The molecule has 0 bridgehead atoms. The van der Waals surface area contributed by atoms with E-state index >= 15 is 0 Å². The van der Waals surface area contributed by atoms with Gasteiger partial charge in [-0.25, -0.2) is 4.39 Å². The minimum absolute atomic E-state index is 0. The Morgan fingerprint density at radius 2 is 1.93 bits per heavy atom. The van der Waals surface area contributed by atoms with Crippen LogP contribution in [-0.2, 0) is 0 Å². The molecule has 0 aliphatic carbocycles. The highest BCUT2D eigenvalue weighted by atomic mass is 35.5. The SMILES string of the molecule is Cl.Fc1ccc(/C=C2\CCNC2)cc1. The van der Waals surface area contributed by atoms with Crippen LogP contribution in [0.3, 0.4) is 0 Å². The second kappa shape index (κ2) is 5.13. The van der Waals surface area contributed by atoms with Gasteiger partial charge in [-0.2, -0.15) is 0 Å². The number of hydrogen-bond acceptors (Lipinski definition) is 1. The van der Waals surface area contributed by atoms with E-state index in [2.05, 4.69) is 11.4 Å². The Bertz CT molecular complexity index is 311. The number of nitrogens with one attached hydrogen (secondary N) is 1. The smallest absolute Gasteiger partial charge is 0.123 e. The lowest BCUT2D eigenvalue weighted by molar-refractivity contribution is 0.628. The molecule has 1 aromatic rings. The molecule has 0 radical (unpaired) electrons.